The van der Waals surface area contributed by atoms with Crippen molar-refractivity contribution in [1.29, 1.82) is 0 Å². The van der Waals surface area contributed by atoms with Crippen LogP contribution in [0.3, 0.4) is 0 Å². The molecule has 0 aliphatic carbocycles. The molecule has 0 bridgehead atoms. The third-order valence-electron chi connectivity index (χ3n) is 3.61. The van der Waals surface area contributed by atoms with E-state index in [1.807, 2.05) is 31.2 Å². The molecule has 2 rings (SSSR count). The molecular weight excluding hydrogens is 322 g/mol. The van der Waals surface area contributed by atoms with Crippen LogP contribution in [0.4, 0.5) is 4.79 Å². The standard InChI is InChI=1S/C14H18BrN3O2/c1-9(10-2-4-11(15)5-3-10)13(19)17-12-6-7-18(8-12)14(16)20/h2-5,9,12H,6-8H2,1H3,(H2,16,20)(H,17,19)/t9-,12+/m1/s1. The Morgan fingerprint density at radius 1 is 1.40 bits per heavy atom. The quantitative estimate of drug-likeness (QED) is 0.881. The fourth-order valence-corrected chi connectivity index (χ4v) is 2.57. The zero-order chi connectivity index (χ0) is 14.7. The molecule has 1 saturated heterocycles. The van der Waals surface area contributed by atoms with Crippen LogP contribution >= 0.6 is 15.9 Å². The van der Waals surface area contributed by atoms with Crippen molar-refractivity contribution >= 4 is 27.9 Å². The van der Waals surface area contributed by atoms with Gasteiger partial charge in [0.25, 0.3) is 0 Å². The molecule has 1 aliphatic heterocycles. The van der Waals surface area contributed by atoms with Crippen molar-refractivity contribution in [2.45, 2.75) is 25.3 Å². The average Bonchev–Trinajstić information content (AvgIpc) is 2.87. The van der Waals surface area contributed by atoms with Gasteiger partial charge in [0.05, 0.1) is 5.92 Å². The van der Waals surface area contributed by atoms with Crippen LogP contribution in [0, 0.1) is 0 Å². The van der Waals surface area contributed by atoms with Gasteiger partial charge in [0.1, 0.15) is 0 Å². The zero-order valence-corrected chi connectivity index (χ0v) is 12.9. The SMILES string of the molecule is C[C@@H](C(=O)N[C@H]1CCN(C(N)=O)C1)c1ccc(Br)cc1. The maximum atomic E-state index is 12.2. The Morgan fingerprint density at radius 3 is 2.60 bits per heavy atom. The van der Waals surface area contributed by atoms with Crippen molar-refractivity contribution in [3.05, 3.63) is 34.3 Å². The summed E-state index contributed by atoms with van der Waals surface area (Å²) in [5.74, 6) is -0.241. The van der Waals surface area contributed by atoms with E-state index in [9.17, 15) is 9.59 Å². The van der Waals surface area contributed by atoms with E-state index in [2.05, 4.69) is 21.2 Å². The van der Waals surface area contributed by atoms with Crippen LogP contribution in [0.5, 0.6) is 0 Å². The first-order chi connectivity index (χ1) is 9.47. The second-order valence-electron chi connectivity index (χ2n) is 5.05. The lowest BCUT2D eigenvalue weighted by molar-refractivity contribution is -0.122. The first-order valence-corrected chi connectivity index (χ1v) is 7.37. The minimum Gasteiger partial charge on any atom is -0.351 e. The summed E-state index contributed by atoms with van der Waals surface area (Å²) in [5.41, 5.74) is 6.19. The van der Waals surface area contributed by atoms with Gasteiger partial charge in [-0.15, -0.1) is 0 Å². The predicted molar refractivity (Wildman–Crippen MR) is 80.3 cm³/mol. The molecule has 5 nitrogen and oxygen atoms in total. The Hall–Kier alpha value is -1.56. The lowest BCUT2D eigenvalue weighted by Gasteiger charge is -2.18. The van der Waals surface area contributed by atoms with E-state index in [0.717, 1.165) is 16.5 Å². The lowest BCUT2D eigenvalue weighted by atomic mass is 10.00. The molecule has 0 unspecified atom stereocenters. The van der Waals surface area contributed by atoms with E-state index in [1.54, 1.807) is 4.90 Å². The number of nitrogens with one attached hydrogen (secondary N) is 1. The van der Waals surface area contributed by atoms with E-state index in [0.29, 0.717) is 13.1 Å². The number of nitrogens with zero attached hydrogens (tertiary/aromatic N) is 1. The Labute approximate surface area is 126 Å². The van der Waals surface area contributed by atoms with E-state index in [1.165, 1.54) is 0 Å². The van der Waals surface area contributed by atoms with Gasteiger partial charge in [0.2, 0.25) is 5.91 Å². The maximum Gasteiger partial charge on any atom is 0.314 e. The number of nitrogens with two attached hydrogens (primary N) is 1. The number of primary amides is 1. The number of carbonyl (C=O) groups is 2. The number of halogens is 1. The van der Waals surface area contributed by atoms with Crippen LogP contribution in [-0.2, 0) is 4.79 Å². The Kier molecular flexibility index (Phi) is 4.65. The van der Waals surface area contributed by atoms with E-state index < -0.39 is 6.03 Å². The van der Waals surface area contributed by atoms with Crippen LogP contribution in [0.1, 0.15) is 24.8 Å². The summed E-state index contributed by atoms with van der Waals surface area (Å²) in [5, 5.41) is 2.98. The predicted octanol–water partition coefficient (Wildman–Crippen LogP) is 1.82. The van der Waals surface area contributed by atoms with Crippen molar-refractivity contribution in [1.82, 2.24) is 10.2 Å². The number of amides is 3. The normalized spacial score (nSPS) is 19.7. The number of likely N-dealkylation sites (tertiary alicyclic amines) is 1. The summed E-state index contributed by atoms with van der Waals surface area (Å²) in [6.07, 6.45) is 0.752. The van der Waals surface area contributed by atoms with E-state index in [-0.39, 0.29) is 17.9 Å². The minimum absolute atomic E-state index is 0.00658. The van der Waals surface area contributed by atoms with Gasteiger partial charge in [-0.1, -0.05) is 28.1 Å². The van der Waals surface area contributed by atoms with Gasteiger partial charge in [-0.2, -0.15) is 0 Å². The van der Waals surface area contributed by atoms with E-state index in [4.69, 9.17) is 5.73 Å². The minimum atomic E-state index is -0.428. The fraction of sp³-hybridized carbons (Fsp3) is 0.429. The number of hydrogen-bond donors (Lipinski definition) is 2. The van der Waals surface area contributed by atoms with Crippen LogP contribution in [0.2, 0.25) is 0 Å². The molecule has 0 spiro atoms. The maximum absolute atomic E-state index is 12.2. The van der Waals surface area contributed by atoms with Gasteiger partial charge < -0.3 is 16.0 Å². The molecule has 3 N–H and O–H groups in total. The molecule has 1 heterocycles. The lowest BCUT2D eigenvalue weighted by Crippen LogP contribution is -2.41. The number of carbonyl (C=O) groups excluding carboxylic acids is 2. The van der Waals surface area contributed by atoms with Gasteiger partial charge in [0, 0.05) is 23.6 Å². The van der Waals surface area contributed by atoms with Crippen molar-refractivity contribution in [2.75, 3.05) is 13.1 Å². The summed E-state index contributed by atoms with van der Waals surface area (Å²) < 4.78 is 0.988. The Bertz CT molecular complexity index is 504. The number of urea groups is 1. The van der Waals surface area contributed by atoms with Crippen molar-refractivity contribution in [3.8, 4) is 0 Å². The Morgan fingerprint density at radius 2 is 2.05 bits per heavy atom. The molecule has 1 aromatic carbocycles. The molecule has 3 amide bonds. The van der Waals surface area contributed by atoms with Crippen LogP contribution in [0.15, 0.2) is 28.7 Å². The summed E-state index contributed by atoms with van der Waals surface area (Å²) >= 11 is 3.37. The van der Waals surface area contributed by atoms with Gasteiger partial charge in [-0.3, -0.25) is 4.79 Å². The summed E-state index contributed by atoms with van der Waals surface area (Å²) in [6.45, 7) is 2.97. The highest BCUT2D eigenvalue weighted by atomic mass is 79.9. The molecule has 0 saturated carbocycles. The molecular formula is C14H18BrN3O2. The van der Waals surface area contributed by atoms with Gasteiger partial charge in [0.15, 0.2) is 0 Å². The van der Waals surface area contributed by atoms with Crippen molar-refractivity contribution < 1.29 is 9.59 Å². The molecule has 2 atom stereocenters. The number of hydrogen-bond acceptors (Lipinski definition) is 2. The first kappa shape index (κ1) is 14.8. The summed E-state index contributed by atoms with van der Waals surface area (Å²) in [6, 6.07) is 7.26. The van der Waals surface area contributed by atoms with Crippen molar-refractivity contribution in [3.63, 3.8) is 0 Å². The van der Waals surface area contributed by atoms with Crippen LogP contribution in [-0.4, -0.2) is 36.0 Å². The third kappa shape index (κ3) is 3.50. The summed E-state index contributed by atoms with van der Waals surface area (Å²) in [7, 11) is 0. The van der Waals surface area contributed by atoms with Gasteiger partial charge in [-0.25, -0.2) is 4.79 Å². The van der Waals surface area contributed by atoms with Crippen LogP contribution in [0.25, 0.3) is 0 Å². The van der Waals surface area contributed by atoms with Crippen molar-refractivity contribution in [2.24, 2.45) is 5.73 Å². The molecule has 20 heavy (non-hydrogen) atoms. The fourth-order valence-electron chi connectivity index (χ4n) is 2.31. The highest BCUT2D eigenvalue weighted by molar-refractivity contribution is 9.10. The monoisotopic (exact) mass is 339 g/mol. The molecule has 0 aromatic heterocycles. The Balaban J connectivity index is 1.92. The zero-order valence-electron chi connectivity index (χ0n) is 11.3. The topological polar surface area (TPSA) is 75.4 Å². The highest BCUT2D eigenvalue weighted by Crippen LogP contribution is 2.19. The highest BCUT2D eigenvalue weighted by Gasteiger charge is 2.27. The molecule has 108 valence electrons. The molecule has 1 aromatic rings. The second kappa shape index (κ2) is 6.26. The first-order valence-electron chi connectivity index (χ1n) is 6.57. The number of benzene rings is 1. The van der Waals surface area contributed by atoms with Gasteiger partial charge in [-0.05, 0) is 31.0 Å². The second-order valence-corrected chi connectivity index (χ2v) is 5.97. The average molecular weight is 340 g/mol. The van der Waals surface area contributed by atoms with Gasteiger partial charge >= 0.3 is 6.03 Å². The van der Waals surface area contributed by atoms with Crippen LogP contribution < -0.4 is 11.1 Å². The molecule has 0 radical (unpaired) electrons. The molecule has 1 aliphatic rings. The number of rotatable bonds is 3. The molecule has 1 fully saturated rings. The smallest absolute Gasteiger partial charge is 0.314 e. The van der Waals surface area contributed by atoms with E-state index >= 15 is 0 Å². The summed E-state index contributed by atoms with van der Waals surface area (Å²) in [4.78, 5) is 24.8. The third-order valence-corrected chi connectivity index (χ3v) is 4.14. The molecule has 6 heteroatoms. The largest absolute Gasteiger partial charge is 0.351 e.